The van der Waals surface area contributed by atoms with Crippen LogP contribution < -0.4 is 4.74 Å². The Hall–Kier alpha value is -1.27. The molecule has 1 aliphatic heterocycles. The Kier molecular flexibility index (Phi) is 4.08. The van der Waals surface area contributed by atoms with Gasteiger partial charge in [-0.2, -0.15) is 8.78 Å². The Morgan fingerprint density at radius 3 is 2.67 bits per heavy atom. The third kappa shape index (κ3) is 3.16. The van der Waals surface area contributed by atoms with E-state index in [4.69, 9.17) is 0 Å². The van der Waals surface area contributed by atoms with Crippen molar-refractivity contribution in [1.29, 1.82) is 0 Å². The summed E-state index contributed by atoms with van der Waals surface area (Å²) in [4.78, 5) is 2.16. The van der Waals surface area contributed by atoms with Crippen LogP contribution >= 0.6 is 0 Å². The zero-order valence-corrected chi connectivity index (χ0v) is 11.4. The predicted octanol–water partition coefficient (Wildman–Crippen LogP) is 3.25. The molecular formula is C15H17F3NO2. The van der Waals surface area contributed by atoms with Crippen molar-refractivity contribution in [2.24, 2.45) is 0 Å². The second-order valence-corrected chi connectivity index (χ2v) is 5.58. The second kappa shape index (κ2) is 5.85. The van der Waals surface area contributed by atoms with E-state index < -0.39 is 12.4 Å². The van der Waals surface area contributed by atoms with E-state index in [0.29, 0.717) is 18.4 Å². The topological polar surface area (TPSA) is 32.7 Å². The van der Waals surface area contributed by atoms with Crippen molar-refractivity contribution in [3.8, 4) is 5.75 Å². The van der Waals surface area contributed by atoms with E-state index in [-0.39, 0.29) is 17.9 Å². The van der Waals surface area contributed by atoms with Crippen molar-refractivity contribution in [3.05, 3.63) is 35.6 Å². The second-order valence-electron chi connectivity index (χ2n) is 5.58. The van der Waals surface area contributed by atoms with Crippen molar-refractivity contribution in [3.63, 3.8) is 0 Å². The van der Waals surface area contributed by atoms with Crippen molar-refractivity contribution >= 4 is 0 Å². The summed E-state index contributed by atoms with van der Waals surface area (Å²) in [5.41, 5.74) is 0.650. The lowest BCUT2D eigenvalue weighted by atomic mass is 9.87. The van der Waals surface area contributed by atoms with Gasteiger partial charge >= 0.3 is 6.61 Å². The first-order valence-corrected chi connectivity index (χ1v) is 7.07. The van der Waals surface area contributed by atoms with Crippen molar-refractivity contribution in [2.45, 2.75) is 44.4 Å². The van der Waals surface area contributed by atoms with Gasteiger partial charge in [-0.15, -0.1) is 0 Å². The average Bonchev–Trinajstić information content (AvgIpc) is 2.82. The Balaban J connectivity index is 1.80. The van der Waals surface area contributed by atoms with Crippen LogP contribution in [-0.2, 0) is 0 Å². The summed E-state index contributed by atoms with van der Waals surface area (Å²) < 4.78 is 42.5. The van der Waals surface area contributed by atoms with Gasteiger partial charge in [0.05, 0.1) is 6.10 Å². The van der Waals surface area contributed by atoms with Crippen LogP contribution in [0.4, 0.5) is 13.2 Å². The Labute approximate surface area is 121 Å². The van der Waals surface area contributed by atoms with E-state index in [1.54, 1.807) is 0 Å². The highest BCUT2D eigenvalue weighted by molar-refractivity contribution is 5.33. The van der Waals surface area contributed by atoms with Crippen LogP contribution in [0.25, 0.3) is 0 Å². The maximum atomic E-state index is 13.6. The van der Waals surface area contributed by atoms with Gasteiger partial charge in [-0.05, 0) is 49.9 Å². The van der Waals surface area contributed by atoms with E-state index >= 15 is 0 Å². The molecule has 115 valence electrons. The van der Waals surface area contributed by atoms with Crippen molar-refractivity contribution in [2.75, 3.05) is 6.54 Å². The van der Waals surface area contributed by atoms with E-state index in [9.17, 15) is 18.3 Å². The number of nitrogens with zero attached hydrogens (tertiary/aromatic N) is 1. The Morgan fingerprint density at radius 2 is 2.00 bits per heavy atom. The zero-order chi connectivity index (χ0) is 15.0. The molecule has 1 aromatic carbocycles. The molecule has 2 fully saturated rings. The zero-order valence-electron chi connectivity index (χ0n) is 11.4. The SMILES string of the molecule is OC1C[C](N2CCC[C@@H]2c2cc(F)cc(OC(F)F)c2)C1. The molecule has 2 aliphatic rings. The molecule has 1 saturated carbocycles. The maximum absolute atomic E-state index is 13.6. The molecule has 0 bridgehead atoms. The molecule has 1 saturated heterocycles. The lowest BCUT2D eigenvalue weighted by Gasteiger charge is -2.41. The van der Waals surface area contributed by atoms with Crippen molar-refractivity contribution in [1.82, 2.24) is 4.90 Å². The van der Waals surface area contributed by atoms with Gasteiger partial charge in [-0.3, -0.25) is 4.90 Å². The first-order valence-electron chi connectivity index (χ1n) is 7.07. The summed E-state index contributed by atoms with van der Waals surface area (Å²) in [5, 5.41) is 9.41. The van der Waals surface area contributed by atoms with Crippen LogP contribution in [0.2, 0.25) is 0 Å². The molecule has 6 heteroatoms. The first-order chi connectivity index (χ1) is 10.0. The van der Waals surface area contributed by atoms with Gasteiger partial charge in [0.1, 0.15) is 11.6 Å². The van der Waals surface area contributed by atoms with Crippen LogP contribution in [0.1, 0.15) is 37.3 Å². The number of rotatable bonds is 4. The maximum Gasteiger partial charge on any atom is 0.387 e. The van der Waals surface area contributed by atoms with E-state index in [2.05, 4.69) is 9.64 Å². The van der Waals surface area contributed by atoms with Crippen LogP contribution in [-0.4, -0.2) is 29.3 Å². The molecule has 0 spiro atoms. The van der Waals surface area contributed by atoms with Gasteiger partial charge < -0.3 is 9.84 Å². The monoisotopic (exact) mass is 300 g/mol. The van der Waals surface area contributed by atoms with Gasteiger partial charge in [0, 0.05) is 18.2 Å². The molecule has 1 N–H and O–H groups in total. The molecule has 1 radical (unpaired) electrons. The Morgan fingerprint density at radius 1 is 1.24 bits per heavy atom. The summed E-state index contributed by atoms with van der Waals surface area (Å²) in [5.74, 6) is -0.723. The highest BCUT2D eigenvalue weighted by Crippen LogP contribution is 2.44. The number of likely N-dealkylation sites (tertiary alicyclic amines) is 1. The summed E-state index contributed by atoms with van der Waals surface area (Å²) in [6, 6.07) is 4.95. The molecule has 1 aliphatic carbocycles. The van der Waals surface area contributed by atoms with Crippen LogP contribution in [0.3, 0.4) is 0 Å². The van der Waals surface area contributed by atoms with E-state index in [0.717, 1.165) is 31.5 Å². The van der Waals surface area contributed by atoms with E-state index in [1.807, 2.05) is 0 Å². The number of benzene rings is 1. The largest absolute Gasteiger partial charge is 0.435 e. The van der Waals surface area contributed by atoms with Gasteiger partial charge in [-0.25, -0.2) is 4.39 Å². The lowest BCUT2D eigenvalue weighted by molar-refractivity contribution is -0.0501. The quantitative estimate of drug-likeness (QED) is 0.926. The number of halogens is 3. The fraction of sp³-hybridized carbons (Fsp3) is 0.533. The number of hydrogen-bond donors (Lipinski definition) is 1. The van der Waals surface area contributed by atoms with Crippen LogP contribution in [0.15, 0.2) is 18.2 Å². The van der Waals surface area contributed by atoms with Crippen LogP contribution in [0.5, 0.6) is 5.75 Å². The van der Waals surface area contributed by atoms with Gasteiger partial charge in [0.15, 0.2) is 0 Å². The molecule has 21 heavy (non-hydrogen) atoms. The number of aliphatic hydroxyl groups excluding tert-OH is 1. The molecular weight excluding hydrogens is 283 g/mol. The number of aliphatic hydroxyl groups is 1. The molecule has 0 amide bonds. The number of hydrogen-bond acceptors (Lipinski definition) is 3. The van der Waals surface area contributed by atoms with Gasteiger partial charge in [0.25, 0.3) is 0 Å². The minimum absolute atomic E-state index is 0.0248. The summed E-state index contributed by atoms with van der Waals surface area (Å²) in [6.45, 7) is -2.11. The first kappa shape index (κ1) is 14.7. The molecule has 0 unspecified atom stereocenters. The fourth-order valence-electron chi connectivity index (χ4n) is 3.16. The number of ether oxygens (including phenoxy) is 1. The lowest BCUT2D eigenvalue weighted by Crippen LogP contribution is -2.40. The normalized spacial score (nSPS) is 24.5. The molecule has 3 nitrogen and oxygen atoms in total. The summed E-state index contributed by atoms with van der Waals surface area (Å²) >= 11 is 0. The third-order valence-electron chi connectivity index (χ3n) is 4.11. The average molecular weight is 300 g/mol. The van der Waals surface area contributed by atoms with Gasteiger partial charge in [0.2, 0.25) is 0 Å². The summed E-state index contributed by atoms with van der Waals surface area (Å²) in [7, 11) is 0. The highest BCUT2D eigenvalue weighted by atomic mass is 19.3. The smallest absolute Gasteiger partial charge is 0.387 e. The number of alkyl halides is 2. The highest BCUT2D eigenvalue weighted by Gasteiger charge is 2.39. The van der Waals surface area contributed by atoms with Crippen molar-refractivity contribution < 1.29 is 23.0 Å². The van der Waals surface area contributed by atoms with Crippen LogP contribution in [0, 0.1) is 11.9 Å². The minimum atomic E-state index is -2.96. The molecule has 0 aromatic heterocycles. The molecule has 1 heterocycles. The molecule has 3 rings (SSSR count). The van der Waals surface area contributed by atoms with E-state index in [1.165, 1.54) is 12.1 Å². The Bertz CT molecular complexity index is 506. The van der Waals surface area contributed by atoms with Gasteiger partial charge in [-0.1, -0.05) is 0 Å². The molecule has 1 atom stereocenters. The minimum Gasteiger partial charge on any atom is -0.435 e. The summed E-state index contributed by atoms with van der Waals surface area (Å²) in [6.07, 6.45) is 2.81. The standard InChI is InChI=1S/C15H17F3NO2/c16-10-4-9(5-13(6-10)21-15(17)18)14-2-1-3-19(14)11-7-12(20)8-11/h4-6,12,14-15,20H,1-3,7-8H2/t14-/m1/s1. The predicted molar refractivity (Wildman–Crippen MR) is 70.2 cm³/mol. The molecule has 1 aromatic rings. The third-order valence-corrected chi connectivity index (χ3v) is 4.11. The fourth-order valence-corrected chi connectivity index (χ4v) is 3.16.